The van der Waals surface area contributed by atoms with Gasteiger partial charge in [0, 0.05) is 37.2 Å². The van der Waals surface area contributed by atoms with Gasteiger partial charge in [-0.3, -0.25) is 4.98 Å². The Morgan fingerprint density at radius 1 is 1.18 bits per heavy atom. The number of rotatable bonds is 8. The number of aliphatic hydroxyl groups is 2. The van der Waals surface area contributed by atoms with E-state index in [0.717, 1.165) is 11.8 Å². The first kappa shape index (κ1) is 20.7. The molecule has 1 aliphatic rings. The van der Waals surface area contributed by atoms with Crippen LogP contribution in [0.4, 0.5) is 0 Å². The number of pyridine rings is 1. The zero-order valence-corrected chi connectivity index (χ0v) is 16.6. The van der Waals surface area contributed by atoms with Crippen LogP contribution in [0.1, 0.15) is 18.4 Å². The van der Waals surface area contributed by atoms with Crippen LogP contribution < -0.4 is 10.1 Å². The number of nitrogens with zero attached hydrogens (tertiary/aromatic N) is 1. The van der Waals surface area contributed by atoms with Crippen LogP contribution in [0.15, 0.2) is 53.7 Å². The Morgan fingerprint density at radius 2 is 1.86 bits per heavy atom. The number of aromatic nitrogens is 1. The Bertz CT molecular complexity index is 861. The van der Waals surface area contributed by atoms with E-state index < -0.39 is 27.5 Å². The summed E-state index contributed by atoms with van der Waals surface area (Å²) in [5, 5.41) is 23.5. The third-order valence-electron chi connectivity index (χ3n) is 5.08. The number of ether oxygens (including phenoxy) is 1. The van der Waals surface area contributed by atoms with Gasteiger partial charge in [-0.2, -0.15) is 0 Å². The minimum absolute atomic E-state index is 0.236. The fourth-order valence-electron chi connectivity index (χ4n) is 3.55. The first-order valence-electron chi connectivity index (χ1n) is 9.16. The molecule has 0 saturated heterocycles. The summed E-state index contributed by atoms with van der Waals surface area (Å²) >= 11 is 0. The quantitative estimate of drug-likeness (QED) is 0.603. The summed E-state index contributed by atoms with van der Waals surface area (Å²) in [6.07, 6.45) is 3.96. The van der Waals surface area contributed by atoms with Crippen molar-refractivity contribution in [1.29, 1.82) is 0 Å². The van der Waals surface area contributed by atoms with Crippen LogP contribution in [-0.4, -0.2) is 55.2 Å². The summed E-state index contributed by atoms with van der Waals surface area (Å²) in [6.45, 7) is 1.50. The van der Waals surface area contributed by atoms with Gasteiger partial charge < -0.3 is 20.3 Å². The van der Waals surface area contributed by atoms with Gasteiger partial charge >= 0.3 is 0 Å². The number of benzene rings is 1. The van der Waals surface area contributed by atoms with E-state index in [1.165, 1.54) is 12.1 Å². The molecule has 7 nitrogen and oxygen atoms in total. The molecule has 1 aliphatic carbocycles. The first-order valence-corrected chi connectivity index (χ1v) is 11.1. The smallest absolute Gasteiger partial charge is 0.175 e. The van der Waals surface area contributed by atoms with Crippen molar-refractivity contribution in [2.24, 2.45) is 5.41 Å². The van der Waals surface area contributed by atoms with Crippen molar-refractivity contribution < 1.29 is 23.4 Å². The van der Waals surface area contributed by atoms with Crippen LogP contribution >= 0.6 is 0 Å². The normalized spacial score (nSPS) is 25.0. The maximum atomic E-state index is 11.6. The Labute approximate surface area is 165 Å². The van der Waals surface area contributed by atoms with Crippen LogP contribution in [0.5, 0.6) is 5.75 Å². The lowest BCUT2D eigenvalue weighted by Gasteiger charge is -2.29. The van der Waals surface area contributed by atoms with Crippen molar-refractivity contribution >= 4 is 9.84 Å². The van der Waals surface area contributed by atoms with Crippen molar-refractivity contribution in [2.45, 2.75) is 36.5 Å². The lowest BCUT2D eigenvalue weighted by atomic mass is 9.86. The average Bonchev–Trinajstić information content (AvgIpc) is 2.95. The third kappa shape index (κ3) is 5.29. The van der Waals surface area contributed by atoms with Gasteiger partial charge in [0.2, 0.25) is 0 Å². The van der Waals surface area contributed by atoms with Gasteiger partial charge in [-0.15, -0.1) is 0 Å². The van der Waals surface area contributed by atoms with Gasteiger partial charge in [0.25, 0.3) is 0 Å². The molecule has 0 amide bonds. The topological polar surface area (TPSA) is 109 Å². The third-order valence-corrected chi connectivity index (χ3v) is 6.21. The highest BCUT2D eigenvalue weighted by molar-refractivity contribution is 7.90. The molecule has 1 saturated carbocycles. The van der Waals surface area contributed by atoms with Crippen LogP contribution in [0, 0.1) is 5.41 Å². The lowest BCUT2D eigenvalue weighted by molar-refractivity contribution is 0.0438. The molecular formula is C20H26N2O5S. The number of hydrogen-bond donors (Lipinski definition) is 3. The molecule has 0 aliphatic heterocycles. The van der Waals surface area contributed by atoms with Crippen molar-refractivity contribution in [3.63, 3.8) is 0 Å². The van der Waals surface area contributed by atoms with E-state index in [9.17, 15) is 18.6 Å². The van der Waals surface area contributed by atoms with Crippen LogP contribution in [0.2, 0.25) is 0 Å². The predicted molar refractivity (Wildman–Crippen MR) is 105 cm³/mol. The zero-order valence-electron chi connectivity index (χ0n) is 15.8. The molecule has 1 heterocycles. The van der Waals surface area contributed by atoms with Crippen LogP contribution in [-0.2, 0) is 16.4 Å². The first-order chi connectivity index (χ1) is 13.3. The summed E-state index contributed by atoms with van der Waals surface area (Å²) < 4.78 is 29.0. The lowest BCUT2D eigenvalue weighted by Crippen LogP contribution is -2.38. The molecule has 1 fully saturated rings. The van der Waals surface area contributed by atoms with Gasteiger partial charge in [0.15, 0.2) is 9.84 Å². The SMILES string of the molecule is CS(=O)(=O)c1ccc(OCC2(CNCc3cccnc3)C[C@@H](O)[C@@H](O)C2)cc1. The Hall–Kier alpha value is -2.00. The molecule has 28 heavy (non-hydrogen) atoms. The molecule has 152 valence electrons. The van der Waals surface area contributed by atoms with Crippen LogP contribution in [0.3, 0.4) is 0 Å². The predicted octanol–water partition coefficient (Wildman–Crippen LogP) is 1.16. The number of hydrogen-bond acceptors (Lipinski definition) is 7. The molecule has 0 spiro atoms. The van der Waals surface area contributed by atoms with Crippen molar-refractivity contribution in [3.8, 4) is 5.75 Å². The monoisotopic (exact) mass is 406 g/mol. The highest BCUT2D eigenvalue weighted by Crippen LogP contribution is 2.38. The molecule has 0 bridgehead atoms. The summed E-state index contributed by atoms with van der Waals surface area (Å²) in [5.41, 5.74) is 0.630. The second-order valence-electron chi connectivity index (χ2n) is 7.54. The second kappa shape index (κ2) is 8.57. The largest absolute Gasteiger partial charge is 0.493 e. The van der Waals surface area contributed by atoms with E-state index in [4.69, 9.17) is 4.74 Å². The highest BCUT2D eigenvalue weighted by atomic mass is 32.2. The molecule has 8 heteroatoms. The molecule has 0 radical (unpaired) electrons. The van der Waals surface area contributed by atoms with Crippen molar-refractivity contribution in [3.05, 3.63) is 54.4 Å². The van der Waals surface area contributed by atoms with E-state index in [0.29, 0.717) is 38.3 Å². The Morgan fingerprint density at radius 3 is 2.43 bits per heavy atom. The molecular weight excluding hydrogens is 380 g/mol. The molecule has 1 aromatic carbocycles. The highest BCUT2D eigenvalue weighted by Gasteiger charge is 2.44. The number of sulfone groups is 1. The van der Waals surface area contributed by atoms with Crippen molar-refractivity contribution in [2.75, 3.05) is 19.4 Å². The van der Waals surface area contributed by atoms with Gasteiger partial charge in [0.1, 0.15) is 5.75 Å². The van der Waals surface area contributed by atoms with Gasteiger partial charge in [-0.25, -0.2) is 8.42 Å². The van der Waals surface area contributed by atoms with E-state index in [1.807, 2.05) is 12.1 Å². The second-order valence-corrected chi connectivity index (χ2v) is 9.56. The minimum Gasteiger partial charge on any atom is -0.493 e. The van der Waals surface area contributed by atoms with Gasteiger partial charge in [0.05, 0.1) is 23.7 Å². The fourth-order valence-corrected chi connectivity index (χ4v) is 4.18. The van der Waals surface area contributed by atoms with Gasteiger partial charge in [-0.05, 0) is 48.7 Å². The summed E-state index contributed by atoms with van der Waals surface area (Å²) in [5.74, 6) is 0.551. The summed E-state index contributed by atoms with van der Waals surface area (Å²) in [7, 11) is -3.25. The molecule has 3 rings (SSSR count). The number of aliphatic hydroxyl groups excluding tert-OH is 2. The molecule has 1 unspecified atom stereocenters. The fraction of sp³-hybridized carbons (Fsp3) is 0.450. The molecule has 2 aromatic rings. The summed E-state index contributed by atoms with van der Waals surface area (Å²) in [6, 6.07) is 10.1. The van der Waals surface area contributed by atoms with Gasteiger partial charge in [-0.1, -0.05) is 6.07 Å². The summed E-state index contributed by atoms with van der Waals surface area (Å²) in [4.78, 5) is 4.32. The van der Waals surface area contributed by atoms with E-state index in [2.05, 4.69) is 10.3 Å². The zero-order chi connectivity index (χ0) is 20.2. The molecule has 3 N–H and O–H groups in total. The maximum absolute atomic E-state index is 11.6. The van der Waals surface area contributed by atoms with Crippen molar-refractivity contribution in [1.82, 2.24) is 10.3 Å². The maximum Gasteiger partial charge on any atom is 0.175 e. The Kier molecular flexibility index (Phi) is 6.34. The van der Waals surface area contributed by atoms with E-state index >= 15 is 0 Å². The Balaban J connectivity index is 1.63. The molecule has 1 aromatic heterocycles. The van der Waals surface area contributed by atoms with Crippen LogP contribution in [0.25, 0.3) is 0 Å². The van der Waals surface area contributed by atoms with E-state index in [-0.39, 0.29) is 4.90 Å². The van der Waals surface area contributed by atoms with E-state index in [1.54, 1.807) is 24.5 Å². The average molecular weight is 407 g/mol. The minimum atomic E-state index is -3.25. The molecule has 3 atom stereocenters. The number of nitrogens with one attached hydrogen (secondary N) is 1. The standard InChI is InChI=1S/C20H26N2O5S/c1-28(25,26)17-6-4-16(5-7-17)27-14-20(9-18(23)19(24)10-20)13-22-12-15-3-2-8-21-11-15/h2-8,11,18-19,22-24H,9-10,12-14H2,1H3/t18-,19+,20?.